The van der Waals surface area contributed by atoms with Crippen molar-refractivity contribution in [3.05, 3.63) is 18.3 Å². The van der Waals surface area contributed by atoms with Gasteiger partial charge in [0, 0.05) is 20.2 Å². The third-order valence-corrected chi connectivity index (χ3v) is 3.49. The van der Waals surface area contributed by atoms with E-state index in [1.54, 1.807) is 26.3 Å². The lowest BCUT2D eigenvalue weighted by Crippen LogP contribution is -2.48. The van der Waals surface area contributed by atoms with Crippen LogP contribution in [0.3, 0.4) is 0 Å². The van der Waals surface area contributed by atoms with Gasteiger partial charge in [0.15, 0.2) is 0 Å². The van der Waals surface area contributed by atoms with Crippen molar-refractivity contribution in [1.29, 1.82) is 0 Å². The zero-order valence-electron chi connectivity index (χ0n) is 14.5. The first kappa shape index (κ1) is 19.2. The van der Waals surface area contributed by atoms with Crippen molar-refractivity contribution in [3.63, 3.8) is 0 Å². The molecule has 1 unspecified atom stereocenters. The SMILES string of the molecule is COCCOc1ccc(NC(=O)N(C)C(CO)C(C)(C)C)cn1. The molecule has 1 aromatic rings. The number of nitrogens with one attached hydrogen (secondary N) is 1. The van der Waals surface area contributed by atoms with E-state index in [0.717, 1.165) is 0 Å². The van der Waals surface area contributed by atoms with Crippen LogP contribution in [0.5, 0.6) is 5.88 Å². The number of aliphatic hydroxyl groups is 1. The molecule has 0 saturated heterocycles. The van der Waals surface area contributed by atoms with Gasteiger partial charge in [-0.2, -0.15) is 0 Å². The molecule has 0 fully saturated rings. The van der Waals surface area contributed by atoms with Crippen molar-refractivity contribution in [3.8, 4) is 5.88 Å². The predicted molar refractivity (Wildman–Crippen MR) is 88.7 cm³/mol. The number of likely N-dealkylation sites (N-methyl/N-ethyl adjacent to an activating group) is 1. The first-order valence-electron chi connectivity index (χ1n) is 7.52. The molecule has 0 aliphatic heterocycles. The van der Waals surface area contributed by atoms with Gasteiger partial charge in [0.2, 0.25) is 5.88 Å². The van der Waals surface area contributed by atoms with Gasteiger partial charge in [-0.25, -0.2) is 9.78 Å². The third kappa shape index (κ3) is 6.03. The number of aromatic nitrogens is 1. The standard InChI is InChI=1S/C16H27N3O4/c1-16(2,3)13(11-20)19(4)15(21)18-12-6-7-14(17-10-12)23-9-8-22-5/h6-7,10,13,20H,8-9,11H2,1-5H3,(H,18,21). The highest BCUT2D eigenvalue weighted by Crippen LogP contribution is 2.23. The quantitative estimate of drug-likeness (QED) is 0.749. The Bertz CT molecular complexity index is 485. The molecule has 7 heteroatoms. The number of amides is 2. The van der Waals surface area contributed by atoms with E-state index in [9.17, 15) is 9.90 Å². The molecule has 1 aromatic heterocycles. The summed E-state index contributed by atoms with van der Waals surface area (Å²) in [5, 5.41) is 12.3. The highest BCUT2D eigenvalue weighted by Gasteiger charge is 2.30. The highest BCUT2D eigenvalue weighted by atomic mass is 16.5. The van der Waals surface area contributed by atoms with E-state index in [1.165, 1.54) is 11.1 Å². The molecule has 7 nitrogen and oxygen atoms in total. The summed E-state index contributed by atoms with van der Waals surface area (Å²) in [6.07, 6.45) is 1.53. The summed E-state index contributed by atoms with van der Waals surface area (Å²) in [4.78, 5) is 17.9. The zero-order chi connectivity index (χ0) is 17.5. The lowest BCUT2D eigenvalue weighted by atomic mass is 9.86. The Morgan fingerprint density at radius 1 is 1.39 bits per heavy atom. The first-order valence-corrected chi connectivity index (χ1v) is 7.52. The molecule has 1 heterocycles. The minimum Gasteiger partial charge on any atom is -0.475 e. The summed E-state index contributed by atoms with van der Waals surface area (Å²) in [5.41, 5.74) is 0.338. The van der Waals surface area contributed by atoms with Crippen LogP contribution < -0.4 is 10.1 Å². The smallest absolute Gasteiger partial charge is 0.321 e. The van der Waals surface area contributed by atoms with Gasteiger partial charge in [-0.1, -0.05) is 20.8 Å². The van der Waals surface area contributed by atoms with E-state index in [2.05, 4.69) is 10.3 Å². The molecule has 0 aliphatic carbocycles. The molecule has 23 heavy (non-hydrogen) atoms. The topological polar surface area (TPSA) is 83.9 Å². The number of carbonyl (C=O) groups is 1. The van der Waals surface area contributed by atoms with Gasteiger partial charge in [-0.05, 0) is 11.5 Å². The third-order valence-electron chi connectivity index (χ3n) is 3.49. The molecular weight excluding hydrogens is 298 g/mol. The number of ether oxygens (including phenoxy) is 2. The van der Waals surface area contributed by atoms with Gasteiger partial charge in [0.25, 0.3) is 0 Å². The maximum absolute atomic E-state index is 12.3. The molecule has 2 amide bonds. The molecular formula is C16H27N3O4. The number of anilines is 1. The van der Waals surface area contributed by atoms with Gasteiger partial charge in [0.05, 0.1) is 31.1 Å². The van der Waals surface area contributed by atoms with E-state index in [1.807, 2.05) is 20.8 Å². The van der Waals surface area contributed by atoms with Crippen LogP contribution in [0.15, 0.2) is 18.3 Å². The van der Waals surface area contributed by atoms with Crippen molar-refractivity contribution in [1.82, 2.24) is 9.88 Å². The van der Waals surface area contributed by atoms with Gasteiger partial charge in [0.1, 0.15) is 6.61 Å². The van der Waals surface area contributed by atoms with Gasteiger partial charge in [-0.3, -0.25) is 0 Å². The van der Waals surface area contributed by atoms with Crippen molar-refractivity contribution >= 4 is 11.7 Å². The highest BCUT2D eigenvalue weighted by molar-refractivity contribution is 5.89. The molecule has 1 rings (SSSR count). The van der Waals surface area contributed by atoms with Gasteiger partial charge < -0.3 is 24.8 Å². The molecule has 0 radical (unpaired) electrons. The molecule has 2 N–H and O–H groups in total. The second-order valence-electron chi connectivity index (χ2n) is 6.33. The summed E-state index contributed by atoms with van der Waals surface area (Å²) < 4.78 is 10.3. The Labute approximate surface area is 137 Å². The van der Waals surface area contributed by atoms with Crippen molar-refractivity contribution in [2.75, 3.05) is 39.3 Å². The van der Waals surface area contributed by atoms with E-state index in [4.69, 9.17) is 9.47 Å². The fourth-order valence-electron chi connectivity index (χ4n) is 2.10. The largest absolute Gasteiger partial charge is 0.475 e. The van der Waals surface area contributed by atoms with Crippen molar-refractivity contribution in [2.24, 2.45) is 5.41 Å². The number of pyridine rings is 1. The Hall–Kier alpha value is -1.86. The molecule has 0 spiro atoms. The van der Waals surface area contributed by atoms with E-state index >= 15 is 0 Å². The molecule has 0 bridgehead atoms. The Kier molecular flexibility index (Phi) is 7.25. The number of hydrogen-bond donors (Lipinski definition) is 2. The fourth-order valence-corrected chi connectivity index (χ4v) is 2.10. The number of urea groups is 1. The Morgan fingerprint density at radius 3 is 2.57 bits per heavy atom. The second kappa shape index (κ2) is 8.69. The summed E-state index contributed by atoms with van der Waals surface area (Å²) in [6, 6.07) is 2.81. The number of carbonyl (C=O) groups excluding carboxylic acids is 1. The number of nitrogens with zero attached hydrogens (tertiary/aromatic N) is 2. The molecule has 1 atom stereocenters. The minimum absolute atomic E-state index is 0.0993. The molecule has 0 aliphatic rings. The average molecular weight is 325 g/mol. The minimum atomic E-state index is -0.297. The average Bonchev–Trinajstić information content (AvgIpc) is 2.48. The van der Waals surface area contributed by atoms with Crippen LogP contribution in [0.25, 0.3) is 0 Å². The van der Waals surface area contributed by atoms with E-state index in [0.29, 0.717) is 24.8 Å². The van der Waals surface area contributed by atoms with E-state index < -0.39 is 0 Å². The molecule has 0 saturated carbocycles. The summed E-state index contributed by atoms with van der Waals surface area (Å²) in [5.74, 6) is 0.469. The Balaban J connectivity index is 2.63. The number of hydrogen-bond acceptors (Lipinski definition) is 5. The van der Waals surface area contributed by atoms with Crippen LogP contribution in [-0.4, -0.2) is 61.0 Å². The maximum Gasteiger partial charge on any atom is 0.321 e. The monoisotopic (exact) mass is 325 g/mol. The first-order chi connectivity index (χ1) is 10.8. The van der Waals surface area contributed by atoms with Crippen molar-refractivity contribution < 1.29 is 19.4 Å². The maximum atomic E-state index is 12.3. The number of methoxy groups -OCH3 is 1. The lowest BCUT2D eigenvalue weighted by Gasteiger charge is -2.36. The molecule has 0 aromatic carbocycles. The number of aliphatic hydroxyl groups excluding tert-OH is 1. The fraction of sp³-hybridized carbons (Fsp3) is 0.625. The lowest BCUT2D eigenvalue weighted by molar-refractivity contribution is 0.0886. The summed E-state index contributed by atoms with van der Waals surface area (Å²) in [6.45, 7) is 6.74. The van der Waals surface area contributed by atoms with Crippen LogP contribution in [0, 0.1) is 5.41 Å². The predicted octanol–water partition coefficient (Wildman–Crippen LogP) is 1.98. The van der Waals surface area contributed by atoms with Crippen LogP contribution in [0.4, 0.5) is 10.5 Å². The number of rotatable bonds is 7. The molecule has 130 valence electrons. The van der Waals surface area contributed by atoms with Crippen molar-refractivity contribution in [2.45, 2.75) is 26.8 Å². The summed E-state index contributed by atoms with van der Waals surface area (Å²) >= 11 is 0. The van der Waals surface area contributed by atoms with Gasteiger partial charge in [-0.15, -0.1) is 0 Å². The van der Waals surface area contributed by atoms with Crippen LogP contribution >= 0.6 is 0 Å². The second-order valence-corrected chi connectivity index (χ2v) is 6.33. The zero-order valence-corrected chi connectivity index (χ0v) is 14.5. The Morgan fingerprint density at radius 2 is 2.09 bits per heavy atom. The van der Waals surface area contributed by atoms with Crippen LogP contribution in [0.2, 0.25) is 0 Å². The van der Waals surface area contributed by atoms with Crippen LogP contribution in [-0.2, 0) is 4.74 Å². The van der Waals surface area contributed by atoms with Gasteiger partial charge >= 0.3 is 6.03 Å². The van der Waals surface area contributed by atoms with E-state index in [-0.39, 0.29) is 24.1 Å². The van der Waals surface area contributed by atoms with Crippen LogP contribution in [0.1, 0.15) is 20.8 Å². The summed E-state index contributed by atoms with van der Waals surface area (Å²) in [7, 11) is 3.26. The normalized spacial score (nSPS) is 12.6.